The molecule has 1 N–H and O–H groups in total. The number of hydrogen-bond donors (Lipinski definition) is 1. The predicted octanol–water partition coefficient (Wildman–Crippen LogP) is 3.91. The zero-order valence-corrected chi connectivity index (χ0v) is 14.3. The molecule has 1 saturated heterocycles. The van der Waals surface area contributed by atoms with Crippen molar-refractivity contribution in [2.45, 2.75) is 65.7 Å². The zero-order valence-electron chi connectivity index (χ0n) is 14.3. The standard InChI is InChI=1S/C18H36N2/c1-17(2,3)16-8-12-20(13-9-16)15-18(14-19-4)10-6-5-7-11-18/h16,19H,5-15H2,1-4H3. The lowest BCUT2D eigenvalue weighted by Gasteiger charge is -2.45. The van der Waals surface area contributed by atoms with E-state index in [-0.39, 0.29) is 0 Å². The highest BCUT2D eigenvalue weighted by atomic mass is 15.1. The van der Waals surface area contributed by atoms with E-state index in [0.29, 0.717) is 10.8 Å². The van der Waals surface area contributed by atoms with E-state index in [4.69, 9.17) is 0 Å². The van der Waals surface area contributed by atoms with Crippen molar-refractivity contribution in [2.24, 2.45) is 16.7 Å². The monoisotopic (exact) mass is 280 g/mol. The van der Waals surface area contributed by atoms with Gasteiger partial charge in [0, 0.05) is 13.1 Å². The molecule has 1 saturated carbocycles. The van der Waals surface area contributed by atoms with E-state index in [1.54, 1.807) is 0 Å². The SMILES string of the molecule is CNCC1(CN2CCC(C(C)(C)C)CC2)CCCCC1. The molecule has 1 aliphatic carbocycles. The summed E-state index contributed by atoms with van der Waals surface area (Å²) in [5, 5.41) is 3.47. The quantitative estimate of drug-likeness (QED) is 0.840. The Morgan fingerprint density at radius 3 is 2.15 bits per heavy atom. The van der Waals surface area contributed by atoms with E-state index in [1.807, 2.05) is 0 Å². The Bertz CT molecular complexity index is 273. The van der Waals surface area contributed by atoms with Crippen molar-refractivity contribution in [3.8, 4) is 0 Å². The van der Waals surface area contributed by atoms with Gasteiger partial charge >= 0.3 is 0 Å². The second-order valence-electron chi connectivity index (χ2n) is 8.51. The molecule has 2 aliphatic rings. The molecule has 0 bridgehead atoms. The third kappa shape index (κ3) is 4.21. The highest BCUT2D eigenvalue weighted by Crippen LogP contribution is 2.39. The van der Waals surface area contributed by atoms with Crippen molar-refractivity contribution in [2.75, 3.05) is 33.2 Å². The number of likely N-dealkylation sites (tertiary alicyclic amines) is 1. The molecule has 0 aromatic rings. The molecule has 20 heavy (non-hydrogen) atoms. The van der Waals surface area contributed by atoms with Crippen LogP contribution in [0, 0.1) is 16.7 Å². The summed E-state index contributed by atoms with van der Waals surface area (Å²) < 4.78 is 0. The first-order valence-corrected chi connectivity index (χ1v) is 8.82. The highest BCUT2D eigenvalue weighted by Gasteiger charge is 2.35. The molecule has 0 atom stereocenters. The fourth-order valence-electron chi connectivity index (χ4n) is 4.50. The van der Waals surface area contributed by atoms with Crippen LogP contribution in [-0.2, 0) is 0 Å². The number of nitrogens with zero attached hydrogens (tertiary/aromatic N) is 1. The minimum atomic E-state index is 0.500. The lowest BCUT2D eigenvalue weighted by Crippen LogP contribution is -2.48. The lowest BCUT2D eigenvalue weighted by molar-refractivity contribution is 0.0564. The third-order valence-electron chi connectivity index (χ3n) is 5.84. The Kier molecular flexibility index (Phi) is 5.53. The lowest BCUT2D eigenvalue weighted by atomic mass is 9.72. The molecular formula is C18H36N2. The molecule has 2 fully saturated rings. The minimum absolute atomic E-state index is 0.500. The third-order valence-corrected chi connectivity index (χ3v) is 5.84. The first-order valence-electron chi connectivity index (χ1n) is 8.82. The van der Waals surface area contributed by atoms with Gasteiger partial charge in [-0.3, -0.25) is 0 Å². The maximum absolute atomic E-state index is 3.47. The Hall–Kier alpha value is -0.0800. The van der Waals surface area contributed by atoms with Crippen molar-refractivity contribution in [3.63, 3.8) is 0 Å². The van der Waals surface area contributed by atoms with Gasteiger partial charge in [-0.05, 0) is 62.6 Å². The van der Waals surface area contributed by atoms with E-state index in [1.165, 1.54) is 71.1 Å². The number of nitrogens with one attached hydrogen (secondary N) is 1. The predicted molar refractivity (Wildman–Crippen MR) is 88.1 cm³/mol. The zero-order chi connectivity index (χ0) is 14.6. The summed E-state index contributed by atoms with van der Waals surface area (Å²) in [4.78, 5) is 2.77. The second kappa shape index (κ2) is 6.79. The molecular weight excluding hydrogens is 244 g/mol. The van der Waals surface area contributed by atoms with Crippen LogP contribution >= 0.6 is 0 Å². The van der Waals surface area contributed by atoms with Crippen LogP contribution in [0.15, 0.2) is 0 Å². The van der Waals surface area contributed by atoms with Gasteiger partial charge in [-0.1, -0.05) is 40.0 Å². The van der Waals surface area contributed by atoms with E-state index >= 15 is 0 Å². The molecule has 1 heterocycles. The fraction of sp³-hybridized carbons (Fsp3) is 1.00. The summed E-state index contributed by atoms with van der Waals surface area (Å²) >= 11 is 0. The first-order chi connectivity index (χ1) is 9.45. The summed E-state index contributed by atoms with van der Waals surface area (Å²) in [5.41, 5.74) is 1.07. The van der Waals surface area contributed by atoms with Gasteiger partial charge in [0.1, 0.15) is 0 Å². The fourth-order valence-corrected chi connectivity index (χ4v) is 4.50. The van der Waals surface area contributed by atoms with Gasteiger partial charge in [0.25, 0.3) is 0 Å². The highest BCUT2D eigenvalue weighted by molar-refractivity contribution is 4.89. The van der Waals surface area contributed by atoms with Crippen LogP contribution in [0.1, 0.15) is 65.7 Å². The average molecular weight is 280 g/mol. The van der Waals surface area contributed by atoms with E-state index in [9.17, 15) is 0 Å². The van der Waals surface area contributed by atoms with Gasteiger partial charge in [-0.25, -0.2) is 0 Å². The average Bonchev–Trinajstić information content (AvgIpc) is 2.39. The topological polar surface area (TPSA) is 15.3 Å². The van der Waals surface area contributed by atoms with Gasteiger partial charge in [-0.2, -0.15) is 0 Å². The van der Waals surface area contributed by atoms with Crippen molar-refractivity contribution in [1.82, 2.24) is 10.2 Å². The molecule has 0 unspecified atom stereocenters. The van der Waals surface area contributed by atoms with Crippen molar-refractivity contribution in [3.05, 3.63) is 0 Å². The van der Waals surface area contributed by atoms with Gasteiger partial charge in [-0.15, -0.1) is 0 Å². The van der Waals surface area contributed by atoms with Crippen LogP contribution in [0.4, 0.5) is 0 Å². The summed E-state index contributed by atoms with van der Waals surface area (Å²) in [6, 6.07) is 0. The Balaban J connectivity index is 1.86. The maximum Gasteiger partial charge on any atom is 0.00501 e. The van der Waals surface area contributed by atoms with Crippen LogP contribution in [0.25, 0.3) is 0 Å². The van der Waals surface area contributed by atoms with Crippen LogP contribution in [0.2, 0.25) is 0 Å². The molecule has 1 aliphatic heterocycles. The molecule has 0 radical (unpaired) electrons. The largest absolute Gasteiger partial charge is 0.319 e. The molecule has 2 rings (SSSR count). The van der Waals surface area contributed by atoms with E-state index < -0.39 is 0 Å². The molecule has 118 valence electrons. The Labute approximate surface area is 126 Å². The van der Waals surface area contributed by atoms with Gasteiger partial charge in [0.05, 0.1) is 0 Å². The minimum Gasteiger partial charge on any atom is -0.319 e. The summed E-state index contributed by atoms with van der Waals surface area (Å²) in [6.45, 7) is 12.4. The van der Waals surface area contributed by atoms with Crippen molar-refractivity contribution < 1.29 is 0 Å². The number of rotatable bonds is 4. The van der Waals surface area contributed by atoms with Crippen LogP contribution in [-0.4, -0.2) is 38.1 Å². The molecule has 0 aromatic carbocycles. The summed E-state index contributed by atoms with van der Waals surface area (Å²) in [6.07, 6.45) is 10.0. The number of hydrogen-bond acceptors (Lipinski definition) is 2. The van der Waals surface area contributed by atoms with Gasteiger partial charge in [0.2, 0.25) is 0 Å². The van der Waals surface area contributed by atoms with E-state index in [0.717, 1.165) is 5.92 Å². The molecule has 0 amide bonds. The molecule has 0 aromatic heterocycles. The Morgan fingerprint density at radius 2 is 1.65 bits per heavy atom. The first kappa shape index (κ1) is 16.3. The second-order valence-corrected chi connectivity index (χ2v) is 8.51. The Morgan fingerprint density at radius 1 is 1.05 bits per heavy atom. The van der Waals surface area contributed by atoms with Crippen LogP contribution in [0.3, 0.4) is 0 Å². The van der Waals surface area contributed by atoms with Gasteiger partial charge in [0.15, 0.2) is 0 Å². The maximum atomic E-state index is 3.47. The number of piperidine rings is 1. The van der Waals surface area contributed by atoms with Crippen LogP contribution in [0.5, 0.6) is 0 Å². The smallest absolute Gasteiger partial charge is 0.00501 e. The van der Waals surface area contributed by atoms with Crippen molar-refractivity contribution >= 4 is 0 Å². The van der Waals surface area contributed by atoms with Crippen molar-refractivity contribution in [1.29, 1.82) is 0 Å². The molecule has 0 spiro atoms. The summed E-state index contributed by atoms with van der Waals surface area (Å²) in [7, 11) is 2.13. The normalized spacial score (nSPS) is 25.8. The summed E-state index contributed by atoms with van der Waals surface area (Å²) in [5.74, 6) is 0.922. The molecule has 2 heteroatoms. The van der Waals surface area contributed by atoms with E-state index in [2.05, 4.69) is 38.0 Å². The van der Waals surface area contributed by atoms with Gasteiger partial charge < -0.3 is 10.2 Å². The van der Waals surface area contributed by atoms with Crippen LogP contribution < -0.4 is 5.32 Å². The molecule has 2 nitrogen and oxygen atoms in total.